The summed E-state index contributed by atoms with van der Waals surface area (Å²) in [5.74, 6) is 0. The van der Waals surface area contributed by atoms with Crippen LogP contribution in [-0.2, 0) is 6.54 Å². The molecule has 0 fully saturated rings. The van der Waals surface area contributed by atoms with Crippen LogP contribution in [0.3, 0.4) is 0 Å². The summed E-state index contributed by atoms with van der Waals surface area (Å²) in [4.78, 5) is 3.29. The molecule has 0 aliphatic rings. The van der Waals surface area contributed by atoms with Crippen molar-refractivity contribution in [1.29, 1.82) is 0 Å². The largest absolute Gasteiger partial charge is 0.347 e. The van der Waals surface area contributed by atoms with Gasteiger partial charge in [0.25, 0.3) is 0 Å². The van der Waals surface area contributed by atoms with Crippen LogP contribution in [0.15, 0.2) is 35.7 Å². The number of halogens is 1. The Bertz CT molecular complexity index is 567. The lowest BCUT2D eigenvalue weighted by Gasteiger charge is -2.20. The first-order valence-corrected chi connectivity index (χ1v) is 7.53. The molecule has 0 saturated carbocycles. The zero-order chi connectivity index (χ0) is 13.8. The lowest BCUT2D eigenvalue weighted by atomic mass is 10.2. The highest BCUT2D eigenvalue weighted by atomic mass is 35.5. The normalized spacial score (nSPS) is 10.3. The monoisotopic (exact) mass is 310 g/mol. The molecule has 0 aliphatic heterocycles. The molecule has 19 heavy (non-hydrogen) atoms. The Labute approximate surface area is 128 Å². The minimum absolute atomic E-state index is 0.688. The van der Waals surface area contributed by atoms with Crippen molar-refractivity contribution in [3.8, 4) is 0 Å². The highest BCUT2D eigenvalue weighted by Gasteiger charge is 2.07. The quantitative estimate of drug-likeness (QED) is 0.838. The van der Waals surface area contributed by atoms with E-state index in [2.05, 4.69) is 16.8 Å². The van der Waals surface area contributed by atoms with Gasteiger partial charge in [0.05, 0.1) is 6.54 Å². The van der Waals surface area contributed by atoms with E-state index >= 15 is 0 Å². The zero-order valence-corrected chi connectivity index (χ0v) is 13.2. The average molecular weight is 311 g/mol. The molecule has 1 heterocycles. The average Bonchev–Trinajstić information content (AvgIpc) is 2.86. The SMILES string of the molecule is Cc1ccc(NC(=S)N(C)Cc2cccs2)cc1Cl. The fraction of sp³-hybridized carbons (Fsp3) is 0.214. The van der Waals surface area contributed by atoms with E-state index in [1.165, 1.54) is 4.88 Å². The molecule has 0 amide bonds. The lowest BCUT2D eigenvalue weighted by molar-refractivity contribution is 0.514. The Morgan fingerprint density at radius 3 is 2.84 bits per heavy atom. The minimum atomic E-state index is 0.688. The molecule has 0 spiro atoms. The fourth-order valence-electron chi connectivity index (χ4n) is 1.60. The Morgan fingerprint density at radius 1 is 1.42 bits per heavy atom. The topological polar surface area (TPSA) is 15.3 Å². The summed E-state index contributed by atoms with van der Waals surface area (Å²) in [6.45, 7) is 2.79. The second kappa shape index (κ2) is 6.37. The fourth-order valence-corrected chi connectivity index (χ4v) is 2.72. The maximum absolute atomic E-state index is 6.10. The van der Waals surface area contributed by atoms with Crippen LogP contribution in [-0.4, -0.2) is 17.1 Å². The Balaban J connectivity index is 1.98. The summed E-state index contributed by atoms with van der Waals surface area (Å²) >= 11 is 13.2. The van der Waals surface area contributed by atoms with Gasteiger partial charge in [-0.25, -0.2) is 0 Å². The number of rotatable bonds is 3. The van der Waals surface area contributed by atoms with E-state index in [-0.39, 0.29) is 0 Å². The number of nitrogens with zero attached hydrogens (tertiary/aromatic N) is 1. The number of benzene rings is 1. The van der Waals surface area contributed by atoms with Crippen LogP contribution in [0, 0.1) is 6.92 Å². The van der Waals surface area contributed by atoms with Crippen LogP contribution in [0.4, 0.5) is 5.69 Å². The van der Waals surface area contributed by atoms with Gasteiger partial charge in [0.15, 0.2) is 5.11 Å². The second-order valence-corrected chi connectivity index (χ2v) is 6.16. The van der Waals surface area contributed by atoms with Gasteiger partial charge in [0, 0.05) is 22.6 Å². The zero-order valence-electron chi connectivity index (χ0n) is 10.8. The molecule has 1 aromatic carbocycles. The minimum Gasteiger partial charge on any atom is -0.347 e. The van der Waals surface area contributed by atoms with Crippen molar-refractivity contribution in [3.63, 3.8) is 0 Å². The van der Waals surface area contributed by atoms with E-state index in [9.17, 15) is 0 Å². The highest BCUT2D eigenvalue weighted by molar-refractivity contribution is 7.80. The number of thiophene rings is 1. The lowest BCUT2D eigenvalue weighted by Crippen LogP contribution is -2.30. The molecular weight excluding hydrogens is 296 g/mol. The van der Waals surface area contributed by atoms with E-state index in [1.807, 2.05) is 43.1 Å². The maximum Gasteiger partial charge on any atom is 0.173 e. The molecule has 2 aromatic rings. The van der Waals surface area contributed by atoms with Crippen LogP contribution in [0.2, 0.25) is 5.02 Å². The number of hydrogen-bond donors (Lipinski definition) is 1. The van der Waals surface area contributed by atoms with Crippen molar-refractivity contribution >= 4 is 46.0 Å². The van der Waals surface area contributed by atoms with Gasteiger partial charge in [0.1, 0.15) is 0 Å². The number of anilines is 1. The van der Waals surface area contributed by atoms with Crippen molar-refractivity contribution in [3.05, 3.63) is 51.2 Å². The van der Waals surface area contributed by atoms with Gasteiger partial charge in [-0.05, 0) is 48.3 Å². The van der Waals surface area contributed by atoms with Gasteiger partial charge in [-0.2, -0.15) is 0 Å². The highest BCUT2D eigenvalue weighted by Crippen LogP contribution is 2.20. The summed E-state index contributed by atoms with van der Waals surface area (Å²) < 4.78 is 0. The summed E-state index contributed by atoms with van der Waals surface area (Å²) in [6.07, 6.45) is 0. The van der Waals surface area contributed by atoms with E-state index in [1.54, 1.807) is 11.3 Å². The van der Waals surface area contributed by atoms with Gasteiger partial charge in [0.2, 0.25) is 0 Å². The molecule has 0 saturated heterocycles. The third-order valence-electron chi connectivity index (χ3n) is 2.74. The first-order chi connectivity index (χ1) is 9.06. The van der Waals surface area contributed by atoms with Crippen molar-refractivity contribution in [2.45, 2.75) is 13.5 Å². The van der Waals surface area contributed by atoms with E-state index < -0.39 is 0 Å². The van der Waals surface area contributed by atoms with Gasteiger partial charge in [-0.1, -0.05) is 23.7 Å². The van der Waals surface area contributed by atoms with E-state index in [0.29, 0.717) is 5.11 Å². The Kier molecular flexibility index (Phi) is 4.80. The Hall–Kier alpha value is -1.10. The Morgan fingerprint density at radius 2 is 2.21 bits per heavy atom. The summed E-state index contributed by atoms with van der Waals surface area (Å²) in [6, 6.07) is 10.00. The third kappa shape index (κ3) is 3.93. The maximum atomic E-state index is 6.10. The van der Waals surface area contributed by atoms with Crippen molar-refractivity contribution in [1.82, 2.24) is 4.90 Å². The predicted octanol–water partition coefficient (Wildman–Crippen LogP) is 4.54. The molecule has 100 valence electrons. The number of aryl methyl sites for hydroxylation is 1. The molecule has 2 nitrogen and oxygen atoms in total. The van der Waals surface area contributed by atoms with Crippen LogP contribution in [0.25, 0.3) is 0 Å². The molecule has 0 radical (unpaired) electrons. The van der Waals surface area contributed by atoms with Crippen LogP contribution >= 0.6 is 35.2 Å². The smallest absolute Gasteiger partial charge is 0.173 e. The molecule has 1 N–H and O–H groups in total. The molecule has 0 unspecified atom stereocenters. The summed E-state index contributed by atoms with van der Waals surface area (Å²) in [5.41, 5.74) is 1.98. The van der Waals surface area contributed by atoms with Gasteiger partial charge in [-0.15, -0.1) is 11.3 Å². The van der Waals surface area contributed by atoms with Gasteiger partial charge >= 0.3 is 0 Å². The molecule has 0 atom stereocenters. The first kappa shape index (κ1) is 14.3. The second-order valence-electron chi connectivity index (χ2n) is 4.33. The predicted molar refractivity (Wildman–Crippen MR) is 88.2 cm³/mol. The molecule has 1 aromatic heterocycles. The number of nitrogens with one attached hydrogen (secondary N) is 1. The van der Waals surface area contributed by atoms with Crippen LogP contribution in [0.5, 0.6) is 0 Å². The number of thiocarbonyl (C=S) groups is 1. The van der Waals surface area contributed by atoms with Gasteiger partial charge < -0.3 is 10.2 Å². The van der Waals surface area contributed by atoms with Crippen LogP contribution < -0.4 is 5.32 Å². The molecule has 2 rings (SSSR count). The molecule has 0 bridgehead atoms. The molecule has 0 aliphatic carbocycles. The summed E-state index contributed by atoms with van der Waals surface area (Å²) in [7, 11) is 1.98. The van der Waals surface area contributed by atoms with Gasteiger partial charge in [-0.3, -0.25) is 0 Å². The number of hydrogen-bond acceptors (Lipinski definition) is 2. The van der Waals surface area contributed by atoms with Crippen molar-refractivity contribution in [2.24, 2.45) is 0 Å². The molecular formula is C14H15ClN2S2. The standard InChI is InChI=1S/C14H15ClN2S2/c1-10-5-6-11(8-13(10)15)16-14(18)17(2)9-12-4-3-7-19-12/h3-8H,9H2,1-2H3,(H,16,18). The van der Waals surface area contributed by atoms with Crippen molar-refractivity contribution < 1.29 is 0 Å². The summed E-state index contributed by atoms with van der Waals surface area (Å²) in [5, 5.41) is 6.70. The first-order valence-electron chi connectivity index (χ1n) is 5.87. The molecule has 5 heteroatoms. The van der Waals surface area contributed by atoms with E-state index in [0.717, 1.165) is 22.8 Å². The van der Waals surface area contributed by atoms with Crippen LogP contribution in [0.1, 0.15) is 10.4 Å². The third-order valence-corrected chi connectivity index (χ3v) is 4.42. The van der Waals surface area contributed by atoms with Crippen molar-refractivity contribution in [2.75, 3.05) is 12.4 Å². The van der Waals surface area contributed by atoms with E-state index in [4.69, 9.17) is 23.8 Å².